The first-order valence-electron chi connectivity index (χ1n) is 10.9. The largest absolute Gasteiger partial charge is 0.447 e. The van der Waals surface area contributed by atoms with Crippen molar-refractivity contribution in [2.24, 2.45) is 5.92 Å². The summed E-state index contributed by atoms with van der Waals surface area (Å²) in [4.78, 5) is 34.5. The second kappa shape index (κ2) is 9.22. The van der Waals surface area contributed by atoms with E-state index in [2.05, 4.69) is 22.0 Å². The van der Waals surface area contributed by atoms with Gasteiger partial charge in [0.25, 0.3) is 0 Å². The standard InChI is InChI=1S/C25H25N3O3S/c29-24(28-20(17-31-25(28)30)13-18-7-3-1-4-8-18)22-16-27(14-19-9-5-2-6-10-19)15-21(22)23-26-11-12-32-23/h1-12,20-22H,13-17H2/t20-,21+,22+/m1/s1. The monoisotopic (exact) mass is 447 g/mol. The van der Waals surface area contributed by atoms with Crippen molar-refractivity contribution in [1.29, 1.82) is 0 Å². The molecule has 2 amide bonds. The Bertz CT molecular complexity index is 1060. The minimum atomic E-state index is -0.532. The maximum absolute atomic E-state index is 13.7. The van der Waals surface area contributed by atoms with Gasteiger partial charge in [-0.1, -0.05) is 60.7 Å². The van der Waals surface area contributed by atoms with Gasteiger partial charge in [0, 0.05) is 37.1 Å². The van der Waals surface area contributed by atoms with Gasteiger partial charge >= 0.3 is 6.09 Å². The molecule has 3 atom stereocenters. The molecular formula is C25H25N3O3S. The van der Waals surface area contributed by atoms with Crippen LogP contribution in [0.4, 0.5) is 4.79 Å². The topological polar surface area (TPSA) is 62.7 Å². The Morgan fingerprint density at radius 2 is 1.75 bits per heavy atom. The van der Waals surface area contributed by atoms with Gasteiger partial charge in [-0.05, 0) is 17.5 Å². The van der Waals surface area contributed by atoms with Gasteiger partial charge in [0.2, 0.25) is 5.91 Å². The predicted molar refractivity (Wildman–Crippen MR) is 122 cm³/mol. The van der Waals surface area contributed by atoms with Gasteiger partial charge in [0.1, 0.15) is 6.61 Å². The molecule has 0 aliphatic carbocycles. The molecule has 2 aromatic carbocycles. The molecular weight excluding hydrogens is 422 g/mol. The third kappa shape index (κ3) is 4.31. The van der Waals surface area contributed by atoms with Gasteiger partial charge in [-0.25, -0.2) is 14.7 Å². The van der Waals surface area contributed by atoms with E-state index in [0.717, 1.165) is 23.7 Å². The molecule has 0 saturated carbocycles. The number of carbonyl (C=O) groups is 2. The van der Waals surface area contributed by atoms with Gasteiger partial charge in [-0.3, -0.25) is 9.69 Å². The van der Waals surface area contributed by atoms with Crippen LogP contribution in [-0.4, -0.2) is 52.5 Å². The van der Waals surface area contributed by atoms with Crippen molar-refractivity contribution >= 4 is 23.3 Å². The van der Waals surface area contributed by atoms with Crippen molar-refractivity contribution in [2.45, 2.75) is 24.9 Å². The van der Waals surface area contributed by atoms with Gasteiger partial charge in [0.05, 0.1) is 17.0 Å². The summed E-state index contributed by atoms with van der Waals surface area (Å²) in [6, 6.07) is 19.9. The zero-order valence-electron chi connectivity index (χ0n) is 17.7. The van der Waals surface area contributed by atoms with Crippen LogP contribution in [-0.2, 0) is 22.5 Å². The average molecular weight is 448 g/mol. The van der Waals surface area contributed by atoms with E-state index >= 15 is 0 Å². The molecule has 6 nitrogen and oxygen atoms in total. The third-order valence-corrected chi connectivity index (χ3v) is 7.15. The average Bonchev–Trinajstić information content (AvgIpc) is 3.55. The van der Waals surface area contributed by atoms with Crippen LogP contribution in [0.1, 0.15) is 22.1 Å². The number of aromatic nitrogens is 1. The molecule has 2 aliphatic rings. The summed E-state index contributed by atoms with van der Waals surface area (Å²) >= 11 is 1.57. The summed E-state index contributed by atoms with van der Waals surface area (Å²) < 4.78 is 5.32. The maximum Gasteiger partial charge on any atom is 0.416 e. The lowest BCUT2D eigenvalue weighted by molar-refractivity contribution is -0.133. The van der Waals surface area contributed by atoms with Crippen molar-refractivity contribution < 1.29 is 14.3 Å². The zero-order valence-corrected chi connectivity index (χ0v) is 18.5. The molecule has 2 aliphatic heterocycles. The Kier molecular flexibility index (Phi) is 6.01. The Labute approximate surface area is 191 Å². The van der Waals surface area contributed by atoms with Crippen LogP contribution >= 0.6 is 11.3 Å². The number of cyclic esters (lactones) is 1. The highest BCUT2D eigenvalue weighted by molar-refractivity contribution is 7.09. The fraction of sp³-hybridized carbons (Fsp3) is 0.320. The molecule has 0 spiro atoms. The van der Waals surface area contributed by atoms with Gasteiger partial charge < -0.3 is 4.74 Å². The van der Waals surface area contributed by atoms with E-state index in [1.807, 2.05) is 53.9 Å². The van der Waals surface area contributed by atoms with E-state index in [4.69, 9.17) is 4.74 Å². The Hall–Kier alpha value is -3.03. The van der Waals surface area contributed by atoms with Crippen molar-refractivity contribution in [3.05, 3.63) is 88.4 Å². The number of carbonyl (C=O) groups excluding carboxylic acids is 2. The number of amides is 2. The molecule has 7 heteroatoms. The normalized spacial score (nSPS) is 23.4. The van der Waals surface area contributed by atoms with Crippen LogP contribution in [0.2, 0.25) is 0 Å². The first-order chi connectivity index (χ1) is 15.7. The van der Waals surface area contributed by atoms with E-state index in [9.17, 15) is 9.59 Å². The van der Waals surface area contributed by atoms with Crippen LogP contribution in [0, 0.1) is 5.92 Å². The summed E-state index contributed by atoms with van der Waals surface area (Å²) in [6.07, 6.45) is 1.85. The highest BCUT2D eigenvalue weighted by Crippen LogP contribution is 2.37. The van der Waals surface area contributed by atoms with Crippen LogP contribution in [0.15, 0.2) is 72.2 Å². The van der Waals surface area contributed by atoms with Crippen LogP contribution in [0.5, 0.6) is 0 Å². The second-order valence-electron chi connectivity index (χ2n) is 8.39. The number of thiazole rings is 1. The number of benzene rings is 2. The lowest BCUT2D eigenvalue weighted by Gasteiger charge is -2.25. The lowest BCUT2D eigenvalue weighted by atomic mass is 9.94. The minimum Gasteiger partial charge on any atom is -0.447 e. The molecule has 3 heterocycles. The highest BCUT2D eigenvalue weighted by Gasteiger charge is 2.47. The number of hydrogen-bond acceptors (Lipinski definition) is 6. The number of likely N-dealkylation sites (tertiary alicyclic amines) is 1. The summed E-state index contributed by atoms with van der Waals surface area (Å²) in [7, 11) is 0. The summed E-state index contributed by atoms with van der Waals surface area (Å²) in [5.41, 5.74) is 2.29. The van der Waals surface area contributed by atoms with E-state index in [1.54, 1.807) is 17.5 Å². The van der Waals surface area contributed by atoms with Gasteiger partial charge in [0.15, 0.2) is 0 Å². The first kappa shape index (κ1) is 20.8. The zero-order chi connectivity index (χ0) is 21.9. The van der Waals surface area contributed by atoms with Crippen LogP contribution in [0.3, 0.4) is 0 Å². The molecule has 3 aromatic rings. The van der Waals surface area contributed by atoms with Crippen molar-refractivity contribution in [1.82, 2.24) is 14.8 Å². The first-order valence-corrected chi connectivity index (χ1v) is 11.8. The Morgan fingerprint density at radius 3 is 2.44 bits per heavy atom. The Morgan fingerprint density at radius 1 is 1.03 bits per heavy atom. The Balaban J connectivity index is 1.37. The van der Waals surface area contributed by atoms with Crippen molar-refractivity contribution in [2.75, 3.05) is 19.7 Å². The van der Waals surface area contributed by atoms with Gasteiger partial charge in [-0.2, -0.15) is 0 Å². The molecule has 0 bridgehead atoms. The summed E-state index contributed by atoms with van der Waals surface area (Å²) in [5, 5.41) is 2.89. The SMILES string of the molecule is O=C1OC[C@@H](Cc2ccccc2)N1C(=O)[C@H]1CN(Cc2ccccc2)C[C@@H]1c1nccs1. The van der Waals surface area contributed by atoms with Crippen LogP contribution in [0.25, 0.3) is 0 Å². The molecule has 2 fully saturated rings. The molecule has 0 radical (unpaired) electrons. The summed E-state index contributed by atoms with van der Waals surface area (Å²) in [6.45, 7) is 2.34. The van der Waals surface area contributed by atoms with Gasteiger partial charge in [-0.15, -0.1) is 11.3 Å². The van der Waals surface area contributed by atoms with Crippen LogP contribution < -0.4 is 0 Å². The highest BCUT2D eigenvalue weighted by atomic mass is 32.1. The number of imide groups is 1. The predicted octanol–water partition coefficient (Wildman–Crippen LogP) is 3.95. The molecule has 2 saturated heterocycles. The van der Waals surface area contributed by atoms with Crippen molar-refractivity contribution in [3.8, 4) is 0 Å². The number of rotatable bonds is 6. The summed E-state index contributed by atoms with van der Waals surface area (Å²) in [5.74, 6) is -0.505. The molecule has 0 unspecified atom stereocenters. The van der Waals surface area contributed by atoms with E-state index in [0.29, 0.717) is 13.0 Å². The number of hydrogen-bond donors (Lipinski definition) is 0. The molecule has 5 rings (SSSR count). The fourth-order valence-corrected chi connectivity index (χ4v) is 5.52. The lowest BCUT2D eigenvalue weighted by Crippen LogP contribution is -2.45. The fourth-order valence-electron chi connectivity index (χ4n) is 4.72. The maximum atomic E-state index is 13.7. The van der Waals surface area contributed by atoms with Crippen molar-refractivity contribution in [3.63, 3.8) is 0 Å². The third-order valence-electron chi connectivity index (χ3n) is 6.24. The minimum absolute atomic E-state index is 0.0306. The molecule has 0 N–H and O–H groups in total. The second-order valence-corrected chi connectivity index (χ2v) is 9.32. The number of nitrogens with zero attached hydrogens (tertiary/aromatic N) is 3. The van der Waals surface area contributed by atoms with E-state index in [-0.39, 0.29) is 30.4 Å². The van der Waals surface area contributed by atoms with E-state index < -0.39 is 6.09 Å². The molecule has 1 aromatic heterocycles. The van der Waals surface area contributed by atoms with E-state index in [1.165, 1.54) is 10.5 Å². The molecule has 32 heavy (non-hydrogen) atoms. The molecule has 164 valence electrons. The quantitative estimate of drug-likeness (QED) is 0.573. The number of ether oxygens (including phenoxy) is 1. The smallest absolute Gasteiger partial charge is 0.416 e.